The SMILES string of the molecule is Cc1ncsc1CCC(=O)N1C[C@@H](NS(C)(=O)=O)[C@H](C(C)C)C1. The molecule has 8 heteroatoms. The smallest absolute Gasteiger partial charge is 0.222 e. The molecule has 1 amide bonds. The van der Waals surface area contributed by atoms with E-state index in [2.05, 4.69) is 23.6 Å². The van der Waals surface area contributed by atoms with Crippen LogP contribution in [-0.4, -0.2) is 49.6 Å². The van der Waals surface area contributed by atoms with Crippen molar-refractivity contribution < 1.29 is 13.2 Å². The Balaban J connectivity index is 1.97. The van der Waals surface area contributed by atoms with E-state index >= 15 is 0 Å². The fraction of sp³-hybridized carbons (Fsp3) is 0.733. The Bertz CT molecular complexity index is 655. The second kappa shape index (κ2) is 7.27. The van der Waals surface area contributed by atoms with E-state index in [1.807, 2.05) is 6.92 Å². The average Bonchev–Trinajstić information content (AvgIpc) is 3.01. The number of carbonyl (C=O) groups is 1. The van der Waals surface area contributed by atoms with Crippen molar-refractivity contribution in [2.75, 3.05) is 19.3 Å². The Hall–Kier alpha value is -0.990. The molecular formula is C15H25N3O3S2. The number of carbonyl (C=O) groups excluding carboxylic acids is 1. The highest BCUT2D eigenvalue weighted by Crippen LogP contribution is 2.26. The van der Waals surface area contributed by atoms with Crippen LogP contribution in [0.3, 0.4) is 0 Å². The Morgan fingerprint density at radius 3 is 2.70 bits per heavy atom. The highest BCUT2D eigenvalue weighted by Gasteiger charge is 2.37. The van der Waals surface area contributed by atoms with Gasteiger partial charge >= 0.3 is 0 Å². The van der Waals surface area contributed by atoms with Crippen molar-refractivity contribution >= 4 is 27.3 Å². The summed E-state index contributed by atoms with van der Waals surface area (Å²) in [7, 11) is -3.27. The predicted octanol–water partition coefficient (Wildman–Crippen LogP) is 1.42. The van der Waals surface area contributed by atoms with Gasteiger partial charge in [0.1, 0.15) is 0 Å². The molecule has 1 saturated heterocycles. The number of thiazole rings is 1. The van der Waals surface area contributed by atoms with Crippen LogP contribution >= 0.6 is 11.3 Å². The largest absolute Gasteiger partial charge is 0.341 e. The first-order chi connectivity index (χ1) is 10.7. The van der Waals surface area contributed by atoms with E-state index in [4.69, 9.17) is 0 Å². The number of nitrogens with one attached hydrogen (secondary N) is 1. The maximum absolute atomic E-state index is 12.5. The molecule has 1 aliphatic heterocycles. The number of aryl methyl sites for hydroxylation is 2. The molecule has 0 saturated carbocycles. The van der Waals surface area contributed by atoms with Crippen LogP contribution in [0.5, 0.6) is 0 Å². The molecule has 130 valence electrons. The fourth-order valence-electron chi connectivity index (χ4n) is 3.05. The molecular weight excluding hydrogens is 334 g/mol. The molecule has 0 aliphatic carbocycles. The number of rotatable bonds is 6. The van der Waals surface area contributed by atoms with Gasteiger partial charge in [0.2, 0.25) is 15.9 Å². The average molecular weight is 360 g/mol. The molecule has 2 atom stereocenters. The third kappa shape index (κ3) is 4.99. The van der Waals surface area contributed by atoms with E-state index in [9.17, 15) is 13.2 Å². The van der Waals surface area contributed by atoms with Gasteiger partial charge in [-0.2, -0.15) is 0 Å². The predicted molar refractivity (Wildman–Crippen MR) is 91.8 cm³/mol. The molecule has 6 nitrogen and oxygen atoms in total. The van der Waals surface area contributed by atoms with E-state index in [-0.39, 0.29) is 17.9 Å². The van der Waals surface area contributed by atoms with E-state index in [1.165, 1.54) is 6.26 Å². The van der Waals surface area contributed by atoms with Gasteiger partial charge in [-0.3, -0.25) is 4.79 Å². The van der Waals surface area contributed by atoms with Gasteiger partial charge in [0.05, 0.1) is 17.5 Å². The van der Waals surface area contributed by atoms with Gasteiger partial charge in [-0.05, 0) is 25.2 Å². The monoisotopic (exact) mass is 359 g/mol. The van der Waals surface area contributed by atoms with Crippen LogP contribution in [0.1, 0.15) is 30.8 Å². The van der Waals surface area contributed by atoms with Crippen molar-refractivity contribution in [2.45, 2.75) is 39.7 Å². The summed E-state index contributed by atoms with van der Waals surface area (Å²) in [6.07, 6.45) is 2.31. The number of hydrogen-bond donors (Lipinski definition) is 1. The van der Waals surface area contributed by atoms with Gasteiger partial charge in [0, 0.05) is 30.4 Å². The highest BCUT2D eigenvalue weighted by molar-refractivity contribution is 7.88. The molecule has 2 heterocycles. The molecule has 1 aromatic rings. The zero-order valence-corrected chi connectivity index (χ0v) is 15.7. The van der Waals surface area contributed by atoms with Gasteiger partial charge in [-0.15, -0.1) is 11.3 Å². The van der Waals surface area contributed by atoms with E-state index in [0.29, 0.717) is 31.8 Å². The van der Waals surface area contributed by atoms with Gasteiger partial charge in [-0.1, -0.05) is 13.8 Å². The number of amides is 1. The number of sulfonamides is 1. The lowest BCUT2D eigenvalue weighted by molar-refractivity contribution is -0.130. The molecule has 2 rings (SSSR count). The maximum atomic E-state index is 12.5. The standard InChI is InChI=1S/C15H25N3O3S2/c1-10(2)12-7-18(8-13(12)17-23(4,20)21)15(19)6-5-14-11(3)16-9-22-14/h9-10,12-13,17H,5-8H2,1-4H3/t12-,13+/m0/s1. The minimum atomic E-state index is -3.27. The summed E-state index contributed by atoms with van der Waals surface area (Å²) in [4.78, 5) is 19.6. The lowest BCUT2D eigenvalue weighted by Gasteiger charge is -2.21. The van der Waals surface area contributed by atoms with Crippen molar-refractivity contribution in [3.8, 4) is 0 Å². The molecule has 0 radical (unpaired) electrons. The first-order valence-electron chi connectivity index (χ1n) is 7.81. The summed E-state index contributed by atoms with van der Waals surface area (Å²) in [5.74, 6) is 0.552. The van der Waals surface area contributed by atoms with Gasteiger partial charge in [-0.25, -0.2) is 18.1 Å². The second-order valence-corrected chi connectivity index (χ2v) is 9.28. The van der Waals surface area contributed by atoms with Crippen molar-refractivity contribution in [3.63, 3.8) is 0 Å². The molecule has 0 unspecified atom stereocenters. The number of hydrogen-bond acceptors (Lipinski definition) is 5. The summed E-state index contributed by atoms with van der Waals surface area (Å²) in [6, 6.07) is -0.195. The highest BCUT2D eigenvalue weighted by atomic mass is 32.2. The van der Waals surface area contributed by atoms with E-state index in [0.717, 1.165) is 10.6 Å². The second-order valence-electron chi connectivity index (χ2n) is 6.56. The van der Waals surface area contributed by atoms with Crippen molar-refractivity contribution in [3.05, 3.63) is 16.1 Å². The van der Waals surface area contributed by atoms with Gasteiger partial charge in [0.25, 0.3) is 0 Å². The Morgan fingerprint density at radius 2 is 2.17 bits per heavy atom. The molecule has 0 bridgehead atoms. The summed E-state index contributed by atoms with van der Waals surface area (Å²) >= 11 is 1.57. The molecule has 23 heavy (non-hydrogen) atoms. The first-order valence-corrected chi connectivity index (χ1v) is 10.6. The van der Waals surface area contributed by atoms with Crippen molar-refractivity contribution in [1.29, 1.82) is 0 Å². The van der Waals surface area contributed by atoms with Crippen LogP contribution in [0.2, 0.25) is 0 Å². The van der Waals surface area contributed by atoms with E-state index < -0.39 is 10.0 Å². The van der Waals surface area contributed by atoms with Crippen LogP contribution in [0, 0.1) is 18.8 Å². The normalized spacial score (nSPS) is 22.0. The van der Waals surface area contributed by atoms with Crippen LogP contribution in [0.4, 0.5) is 0 Å². The third-order valence-electron chi connectivity index (χ3n) is 4.35. The lowest BCUT2D eigenvalue weighted by atomic mass is 9.92. The minimum absolute atomic E-state index is 0.0845. The Morgan fingerprint density at radius 1 is 1.48 bits per heavy atom. The lowest BCUT2D eigenvalue weighted by Crippen LogP contribution is -2.41. The van der Waals surface area contributed by atoms with Gasteiger partial charge < -0.3 is 4.90 Å². The zero-order valence-electron chi connectivity index (χ0n) is 14.1. The molecule has 1 fully saturated rings. The molecule has 0 aromatic carbocycles. The van der Waals surface area contributed by atoms with E-state index in [1.54, 1.807) is 21.7 Å². The number of aromatic nitrogens is 1. The molecule has 1 aromatic heterocycles. The molecule has 0 spiro atoms. The topological polar surface area (TPSA) is 79.4 Å². The number of nitrogens with zero attached hydrogens (tertiary/aromatic N) is 2. The third-order valence-corrected chi connectivity index (χ3v) is 6.08. The van der Waals surface area contributed by atoms with Crippen LogP contribution in [-0.2, 0) is 21.2 Å². The zero-order chi connectivity index (χ0) is 17.2. The van der Waals surface area contributed by atoms with Gasteiger partial charge in [0.15, 0.2) is 0 Å². The summed E-state index contributed by atoms with van der Waals surface area (Å²) < 4.78 is 25.7. The first kappa shape index (κ1) is 18.4. The van der Waals surface area contributed by atoms with Crippen LogP contribution in [0.25, 0.3) is 0 Å². The summed E-state index contributed by atoms with van der Waals surface area (Å²) in [6.45, 7) is 7.15. The summed E-state index contributed by atoms with van der Waals surface area (Å²) in [5, 5.41) is 0. The maximum Gasteiger partial charge on any atom is 0.222 e. The molecule has 1 N–H and O–H groups in total. The molecule has 1 aliphatic rings. The Labute approximate surface area is 142 Å². The van der Waals surface area contributed by atoms with Crippen LogP contribution < -0.4 is 4.72 Å². The Kier molecular flexibility index (Phi) is 5.80. The fourth-order valence-corrected chi connectivity index (χ4v) is 4.63. The van der Waals surface area contributed by atoms with Crippen molar-refractivity contribution in [2.24, 2.45) is 11.8 Å². The quantitative estimate of drug-likeness (QED) is 0.833. The van der Waals surface area contributed by atoms with Crippen LogP contribution in [0.15, 0.2) is 5.51 Å². The minimum Gasteiger partial charge on any atom is -0.341 e. The van der Waals surface area contributed by atoms with Crippen molar-refractivity contribution in [1.82, 2.24) is 14.6 Å². The summed E-state index contributed by atoms with van der Waals surface area (Å²) in [5.41, 5.74) is 2.78. The number of likely N-dealkylation sites (tertiary alicyclic amines) is 1.